The van der Waals surface area contributed by atoms with Crippen molar-refractivity contribution in [1.29, 1.82) is 0 Å². The lowest BCUT2D eigenvalue weighted by Gasteiger charge is -2.22. The number of benzene rings is 2. The van der Waals surface area contributed by atoms with Gasteiger partial charge in [0.1, 0.15) is 24.3 Å². The molecule has 0 spiro atoms. The molecule has 14 N–H and O–H groups in total. The SMILES string of the molecule is COC(=O)[C@@H](Cc1c[nH]c2ccccc12)NC(=O)[C@@H](O)[C@H](N)CCCCN.COC(=O)[C@@H](Cc1c[nH]c2ccccc12)NC(=O)[C@H](O)[C@H](N)CCCCN. The molecule has 16 heteroatoms. The molecular formula is C38H56N8O8. The number of amides is 2. The minimum absolute atomic E-state index is 0.234. The molecule has 4 aromatic rings. The van der Waals surface area contributed by atoms with Crippen LogP contribution >= 0.6 is 0 Å². The zero-order valence-corrected chi connectivity index (χ0v) is 31.0. The van der Waals surface area contributed by atoms with Gasteiger partial charge >= 0.3 is 11.9 Å². The first-order valence-electron chi connectivity index (χ1n) is 18.1. The average molecular weight is 753 g/mol. The fourth-order valence-corrected chi connectivity index (χ4v) is 5.98. The third-order valence-electron chi connectivity index (χ3n) is 9.13. The number of hydrogen-bond acceptors (Lipinski definition) is 12. The Kier molecular flexibility index (Phi) is 18.1. The van der Waals surface area contributed by atoms with Crippen LogP contribution in [0.4, 0.5) is 0 Å². The number of methoxy groups -OCH3 is 2. The molecule has 0 saturated carbocycles. The van der Waals surface area contributed by atoms with Crippen LogP contribution in [-0.4, -0.2) is 108 Å². The molecule has 0 unspecified atom stereocenters. The summed E-state index contributed by atoms with van der Waals surface area (Å²) in [5.41, 5.74) is 26.2. The Hall–Kier alpha value is -4.84. The summed E-state index contributed by atoms with van der Waals surface area (Å²) in [5, 5.41) is 27.4. The van der Waals surface area contributed by atoms with Gasteiger partial charge in [0, 0.05) is 59.1 Å². The molecule has 2 aromatic heterocycles. The molecule has 0 fully saturated rings. The van der Waals surface area contributed by atoms with Crippen LogP contribution in [0.15, 0.2) is 60.9 Å². The molecule has 0 saturated heterocycles. The summed E-state index contributed by atoms with van der Waals surface area (Å²) in [6.07, 6.45) is 5.17. The van der Waals surface area contributed by atoms with Crippen molar-refractivity contribution in [2.75, 3.05) is 27.3 Å². The Balaban J connectivity index is 0.000000290. The maximum absolute atomic E-state index is 12.4. The highest BCUT2D eigenvalue weighted by Gasteiger charge is 2.30. The lowest BCUT2D eigenvalue weighted by Crippen LogP contribution is -2.52. The molecule has 0 radical (unpaired) electrons. The zero-order chi connectivity index (χ0) is 39.6. The van der Waals surface area contributed by atoms with Crippen LogP contribution in [0.3, 0.4) is 0 Å². The number of aliphatic hydroxyl groups is 2. The van der Waals surface area contributed by atoms with Gasteiger partial charge in [-0.1, -0.05) is 49.2 Å². The van der Waals surface area contributed by atoms with Gasteiger partial charge in [-0.15, -0.1) is 0 Å². The second kappa shape index (κ2) is 22.4. The molecule has 296 valence electrons. The smallest absolute Gasteiger partial charge is 0.328 e. The summed E-state index contributed by atoms with van der Waals surface area (Å²) in [5.74, 6) is -2.55. The number of rotatable bonds is 20. The van der Waals surface area contributed by atoms with Crippen LogP contribution in [0.2, 0.25) is 0 Å². The first kappa shape index (κ1) is 43.6. The number of aromatic amines is 2. The van der Waals surface area contributed by atoms with Crippen LogP contribution in [0.1, 0.15) is 49.7 Å². The highest BCUT2D eigenvalue weighted by molar-refractivity contribution is 5.90. The van der Waals surface area contributed by atoms with Crippen molar-refractivity contribution in [1.82, 2.24) is 20.6 Å². The second-order valence-corrected chi connectivity index (χ2v) is 13.1. The van der Waals surface area contributed by atoms with Gasteiger partial charge < -0.3 is 63.2 Å². The van der Waals surface area contributed by atoms with Gasteiger partial charge in [-0.25, -0.2) is 9.59 Å². The molecule has 6 atom stereocenters. The van der Waals surface area contributed by atoms with E-state index in [0.29, 0.717) is 25.9 Å². The number of nitrogens with two attached hydrogens (primary N) is 4. The first-order chi connectivity index (χ1) is 25.9. The lowest BCUT2D eigenvalue weighted by atomic mass is 10.0. The summed E-state index contributed by atoms with van der Waals surface area (Å²) in [7, 11) is 2.51. The van der Waals surface area contributed by atoms with E-state index < -0.39 is 60.1 Å². The molecule has 16 nitrogen and oxygen atoms in total. The summed E-state index contributed by atoms with van der Waals surface area (Å²) in [4.78, 5) is 55.3. The average Bonchev–Trinajstić information content (AvgIpc) is 3.80. The van der Waals surface area contributed by atoms with Gasteiger partial charge in [-0.2, -0.15) is 0 Å². The van der Waals surface area contributed by atoms with E-state index in [2.05, 4.69) is 20.6 Å². The normalized spacial score (nSPS) is 14.5. The quantitative estimate of drug-likeness (QED) is 0.0433. The molecule has 2 heterocycles. The number of nitrogens with one attached hydrogen (secondary N) is 4. The van der Waals surface area contributed by atoms with Gasteiger partial charge in [0.05, 0.1) is 14.2 Å². The first-order valence-corrected chi connectivity index (χ1v) is 18.1. The number of esters is 2. The van der Waals surface area contributed by atoms with Crippen molar-refractivity contribution in [2.45, 2.75) is 87.7 Å². The minimum Gasteiger partial charge on any atom is -0.467 e. The Labute approximate surface area is 314 Å². The third-order valence-corrected chi connectivity index (χ3v) is 9.13. The van der Waals surface area contributed by atoms with Crippen molar-refractivity contribution in [3.05, 3.63) is 72.1 Å². The topological polar surface area (TPSA) is 287 Å². The Morgan fingerprint density at radius 3 is 1.37 bits per heavy atom. The molecule has 0 aliphatic heterocycles. The number of aromatic nitrogens is 2. The van der Waals surface area contributed by atoms with E-state index in [1.807, 2.05) is 48.5 Å². The molecule has 2 aromatic carbocycles. The molecule has 2 amide bonds. The number of carbonyl (C=O) groups excluding carboxylic acids is 4. The van der Waals surface area contributed by atoms with Gasteiger partial charge in [0.25, 0.3) is 11.8 Å². The maximum atomic E-state index is 12.4. The maximum Gasteiger partial charge on any atom is 0.328 e. The second-order valence-electron chi connectivity index (χ2n) is 13.1. The fourth-order valence-electron chi connectivity index (χ4n) is 5.98. The van der Waals surface area contributed by atoms with Crippen molar-refractivity contribution in [3.63, 3.8) is 0 Å². The van der Waals surface area contributed by atoms with Crippen molar-refractivity contribution in [2.24, 2.45) is 22.9 Å². The summed E-state index contributed by atoms with van der Waals surface area (Å²) in [6.45, 7) is 1.06. The highest BCUT2D eigenvalue weighted by Crippen LogP contribution is 2.21. The van der Waals surface area contributed by atoms with E-state index in [-0.39, 0.29) is 12.8 Å². The van der Waals surface area contributed by atoms with E-state index in [4.69, 9.17) is 32.4 Å². The Morgan fingerprint density at radius 2 is 1.02 bits per heavy atom. The molecule has 0 bridgehead atoms. The van der Waals surface area contributed by atoms with E-state index in [1.165, 1.54) is 14.2 Å². The van der Waals surface area contributed by atoms with Crippen molar-refractivity contribution < 1.29 is 38.9 Å². The van der Waals surface area contributed by atoms with Crippen LogP contribution in [0, 0.1) is 0 Å². The van der Waals surface area contributed by atoms with Gasteiger partial charge in [-0.3, -0.25) is 9.59 Å². The predicted molar refractivity (Wildman–Crippen MR) is 206 cm³/mol. The number of carbonyl (C=O) groups is 4. The number of unbranched alkanes of at least 4 members (excludes halogenated alkanes) is 2. The molecule has 0 aliphatic carbocycles. The van der Waals surface area contributed by atoms with Gasteiger partial charge in [0.2, 0.25) is 0 Å². The number of fused-ring (bicyclic) bond motifs is 2. The van der Waals surface area contributed by atoms with Gasteiger partial charge in [0.15, 0.2) is 0 Å². The highest BCUT2D eigenvalue weighted by atomic mass is 16.5. The van der Waals surface area contributed by atoms with E-state index >= 15 is 0 Å². The summed E-state index contributed by atoms with van der Waals surface area (Å²) < 4.78 is 9.61. The molecule has 54 heavy (non-hydrogen) atoms. The van der Waals surface area contributed by atoms with Crippen LogP contribution in [0.25, 0.3) is 21.8 Å². The number of aliphatic hydroxyl groups excluding tert-OH is 2. The third kappa shape index (κ3) is 12.6. The van der Waals surface area contributed by atoms with Gasteiger partial charge in [-0.05, 0) is 62.0 Å². The molecule has 4 rings (SSSR count). The monoisotopic (exact) mass is 752 g/mol. The van der Waals surface area contributed by atoms with Crippen LogP contribution < -0.4 is 33.6 Å². The fraction of sp³-hybridized carbons (Fsp3) is 0.474. The Bertz CT molecular complexity index is 1650. The molecule has 0 aliphatic rings. The zero-order valence-electron chi connectivity index (χ0n) is 31.0. The minimum atomic E-state index is -1.40. The predicted octanol–water partition coefficient (Wildman–Crippen LogP) is 0.371. The van der Waals surface area contributed by atoms with Crippen LogP contribution in [0.5, 0.6) is 0 Å². The summed E-state index contributed by atoms with van der Waals surface area (Å²) in [6, 6.07) is 12.0. The Morgan fingerprint density at radius 1 is 0.648 bits per heavy atom. The van der Waals surface area contributed by atoms with Crippen molar-refractivity contribution in [3.8, 4) is 0 Å². The van der Waals surface area contributed by atoms with E-state index in [9.17, 15) is 29.4 Å². The number of H-pyrrole nitrogens is 2. The van der Waals surface area contributed by atoms with Crippen LogP contribution in [-0.2, 0) is 41.5 Å². The lowest BCUT2D eigenvalue weighted by molar-refractivity contribution is -0.146. The van der Waals surface area contributed by atoms with E-state index in [1.54, 1.807) is 12.4 Å². The summed E-state index contributed by atoms with van der Waals surface area (Å²) >= 11 is 0. The standard InChI is InChI=1S/2C19H28N4O4/c2*1-27-19(26)16(10-12-11-22-15-8-3-2-6-13(12)15)23-18(25)17(24)14(21)7-4-5-9-20/h2*2-3,6,8,11,14,16-17,22,24H,4-5,7,9-10,20-21H2,1H3,(H,23,25)/t14-,16-,17+;14-,16-,17-/m11/s1. The van der Waals surface area contributed by atoms with E-state index in [0.717, 1.165) is 58.6 Å². The largest absolute Gasteiger partial charge is 0.467 e. The van der Waals surface area contributed by atoms with Crippen molar-refractivity contribution >= 4 is 45.6 Å². The number of ether oxygens (including phenoxy) is 2. The number of para-hydroxylation sites is 2. The number of hydrogen-bond donors (Lipinski definition) is 10. The molecular weight excluding hydrogens is 696 g/mol.